The van der Waals surface area contributed by atoms with Crippen LogP contribution in [0.1, 0.15) is 43.3 Å². The molecule has 0 radical (unpaired) electrons. The monoisotopic (exact) mass is 560 g/mol. The Morgan fingerprint density at radius 3 is 2.42 bits per heavy atom. The van der Waals surface area contributed by atoms with Crippen molar-refractivity contribution in [3.05, 3.63) is 83.6 Å². The standard InChI is InChI=1S/C29H32N6O4S/c1-18-19(2)33-39-27(18)34-40(36,37)26-10-8-7-9-24(26)23-12-11-21(28-30-13-14-38-28)15-22(23)16-31-25-17-35(29(4,5)6)32-20(25)3/h7-15,17,31,34H,16H2,1-6H3. The number of oxazole rings is 1. The van der Waals surface area contributed by atoms with Gasteiger partial charge in [-0.3, -0.25) is 4.68 Å². The van der Waals surface area contributed by atoms with Crippen LogP contribution in [0.15, 0.2) is 75.0 Å². The molecule has 3 aromatic heterocycles. The average Bonchev–Trinajstić information content (AvgIpc) is 3.65. The molecule has 2 N–H and O–H groups in total. The fraction of sp³-hybridized carbons (Fsp3) is 0.276. The number of hydrogen-bond donors (Lipinski definition) is 2. The molecular weight excluding hydrogens is 528 g/mol. The Bertz CT molecular complexity index is 1760. The average molecular weight is 561 g/mol. The van der Waals surface area contributed by atoms with Crippen molar-refractivity contribution in [2.45, 2.75) is 58.5 Å². The molecule has 208 valence electrons. The zero-order valence-electron chi connectivity index (χ0n) is 23.3. The summed E-state index contributed by atoms with van der Waals surface area (Å²) in [5.74, 6) is 0.572. The molecule has 0 aliphatic rings. The molecule has 5 aromatic rings. The second kappa shape index (κ2) is 10.3. The summed E-state index contributed by atoms with van der Waals surface area (Å²) in [6.45, 7) is 12.1. The maximum Gasteiger partial charge on any atom is 0.264 e. The molecule has 0 saturated carbocycles. The molecular formula is C29H32N6O4S. The summed E-state index contributed by atoms with van der Waals surface area (Å²) < 4.78 is 42.4. The van der Waals surface area contributed by atoms with Gasteiger partial charge in [0, 0.05) is 29.4 Å². The van der Waals surface area contributed by atoms with Crippen molar-refractivity contribution >= 4 is 21.6 Å². The molecule has 0 atom stereocenters. The number of aryl methyl sites for hydroxylation is 2. The van der Waals surface area contributed by atoms with Crippen molar-refractivity contribution in [1.29, 1.82) is 0 Å². The smallest absolute Gasteiger partial charge is 0.264 e. The molecule has 0 aliphatic heterocycles. The third-order valence-electron chi connectivity index (χ3n) is 6.69. The van der Waals surface area contributed by atoms with Gasteiger partial charge in [-0.25, -0.2) is 18.1 Å². The third kappa shape index (κ3) is 5.37. The van der Waals surface area contributed by atoms with Crippen LogP contribution in [0.25, 0.3) is 22.6 Å². The Labute approximate surface area is 233 Å². The molecule has 0 bridgehead atoms. The minimum Gasteiger partial charge on any atom is -0.445 e. The summed E-state index contributed by atoms with van der Waals surface area (Å²) in [6, 6.07) is 12.6. The summed E-state index contributed by atoms with van der Waals surface area (Å²) in [6.07, 6.45) is 5.09. The van der Waals surface area contributed by atoms with Crippen molar-refractivity contribution in [2.24, 2.45) is 0 Å². The van der Waals surface area contributed by atoms with Gasteiger partial charge in [-0.1, -0.05) is 29.4 Å². The maximum absolute atomic E-state index is 13.6. The number of sulfonamides is 1. The van der Waals surface area contributed by atoms with Gasteiger partial charge in [0.25, 0.3) is 10.0 Å². The van der Waals surface area contributed by atoms with Crippen LogP contribution < -0.4 is 10.0 Å². The first-order chi connectivity index (χ1) is 18.9. The van der Waals surface area contributed by atoms with Gasteiger partial charge in [-0.2, -0.15) is 5.10 Å². The normalized spacial score (nSPS) is 12.1. The Hall–Kier alpha value is -4.38. The zero-order chi connectivity index (χ0) is 28.7. The fourth-order valence-electron chi connectivity index (χ4n) is 4.28. The third-order valence-corrected chi connectivity index (χ3v) is 8.08. The van der Waals surface area contributed by atoms with E-state index < -0.39 is 10.0 Å². The molecule has 0 unspecified atom stereocenters. The van der Waals surface area contributed by atoms with E-state index >= 15 is 0 Å². The molecule has 0 amide bonds. The Balaban J connectivity index is 1.56. The first kappa shape index (κ1) is 27.2. The highest BCUT2D eigenvalue weighted by atomic mass is 32.2. The number of nitrogens with zero attached hydrogens (tertiary/aromatic N) is 4. The minimum absolute atomic E-state index is 0.0970. The molecule has 11 heteroatoms. The predicted molar refractivity (Wildman–Crippen MR) is 153 cm³/mol. The van der Waals surface area contributed by atoms with Gasteiger partial charge < -0.3 is 14.3 Å². The van der Waals surface area contributed by atoms with E-state index in [4.69, 9.17) is 8.94 Å². The number of hydrogen-bond acceptors (Lipinski definition) is 8. The molecule has 5 rings (SSSR count). The Morgan fingerprint density at radius 2 is 1.77 bits per heavy atom. The van der Waals surface area contributed by atoms with E-state index in [9.17, 15) is 8.42 Å². The number of rotatable bonds is 8. The van der Waals surface area contributed by atoms with Crippen molar-refractivity contribution < 1.29 is 17.4 Å². The second-order valence-electron chi connectivity index (χ2n) is 10.6. The lowest BCUT2D eigenvalue weighted by atomic mass is 9.97. The summed E-state index contributed by atoms with van der Waals surface area (Å²) in [5, 5.41) is 12.0. The van der Waals surface area contributed by atoms with E-state index in [1.807, 2.05) is 42.1 Å². The molecule has 0 aliphatic carbocycles. The van der Waals surface area contributed by atoms with Gasteiger partial charge in [0.2, 0.25) is 11.8 Å². The molecule has 40 heavy (non-hydrogen) atoms. The van der Waals surface area contributed by atoms with Gasteiger partial charge in [0.15, 0.2) is 0 Å². The first-order valence-corrected chi connectivity index (χ1v) is 14.3. The van der Waals surface area contributed by atoms with E-state index in [0.717, 1.165) is 28.1 Å². The molecule has 2 aromatic carbocycles. The summed E-state index contributed by atoms with van der Waals surface area (Å²) in [4.78, 5) is 4.40. The van der Waals surface area contributed by atoms with Crippen molar-refractivity contribution in [3.63, 3.8) is 0 Å². The molecule has 0 saturated heterocycles. The highest BCUT2D eigenvalue weighted by Crippen LogP contribution is 2.35. The fourth-order valence-corrected chi connectivity index (χ4v) is 5.55. The van der Waals surface area contributed by atoms with Crippen LogP contribution in [0.5, 0.6) is 0 Å². The van der Waals surface area contributed by atoms with Gasteiger partial charge in [-0.15, -0.1) is 0 Å². The molecule has 0 fully saturated rings. The van der Waals surface area contributed by atoms with E-state index in [0.29, 0.717) is 29.3 Å². The lowest BCUT2D eigenvalue weighted by Crippen LogP contribution is -2.22. The highest BCUT2D eigenvalue weighted by Gasteiger charge is 2.24. The number of aromatic nitrogens is 4. The van der Waals surface area contributed by atoms with Gasteiger partial charge >= 0.3 is 0 Å². The van der Waals surface area contributed by atoms with E-state index in [2.05, 4.69) is 46.0 Å². The number of benzene rings is 2. The molecule has 0 spiro atoms. The lowest BCUT2D eigenvalue weighted by Gasteiger charge is -2.18. The van der Waals surface area contributed by atoms with Crippen molar-refractivity contribution in [2.75, 3.05) is 10.0 Å². The largest absolute Gasteiger partial charge is 0.445 e. The molecule has 3 heterocycles. The van der Waals surface area contributed by atoms with Crippen LogP contribution in [-0.2, 0) is 22.1 Å². The van der Waals surface area contributed by atoms with Crippen LogP contribution in [0.3, 0.4) is 0 Å². The first-order valence-electron chi connectivity index (χ1n) is 12.8. The van der Waals surface area contributed by atoms with Crippen LogP contribution in [0, 0.1) is 20.8 Å². The van der Waals surface area contributed by atoms with Crippen LogP contribution in [-0.4, -0.2) is 28.3 Å². The maximum atomic E-state index is 13.6. The quantitative estimate of drug-likeness (QED) is 0.227. The second-order valence-corrected chi connectivity index (χ2v) is 12.3. The van der Waals surface area contributed by atoms with Gasteiger partial charge in [0.05, 0.1) is 33.7 Å². The van der Waals surface area contributed by atoms with E-state index in [-0.39, 0.29) is 16.3 Å². The highest BCUT2D eigenvalue weighted by molar-refractivity contribution is 7.92. The van der Waals surface area contributed by atoms with Crippen molar-refractivity contribution in [3.8, 4) is 22.6 Å². The number of anilines is 2. The van der Waals surface area contributed by atoms with Crippen LogP contribution >= 0.6 is 0 Å². The zero-order valence-corrected chi connectivity index (χ0v) is 24.1. The lowest BCUT2D eigenvalue weighted by molar-refractivity contribution is 0.354. The van der Waals surface area contributed by atoms with Gasteiger partial charge in [-0.05, 0) is 70.9 Å². The van der Waals surface area contributed by atoms with Crippen LogP contribution in [0.4, 0.5) is 11.6 Å². The van der Waals surface area contributed by atoms with Crippen molar-refractivity contribution in [1.82, 2.24) is 19.9 Å². The number of nitrogens with one attached hydrogen (secondary N) is 2. The van der Waals surface area contributed by atoms with E-state index in [1.165, 1.54) is 6.26 Å². The Kier molecular flexibility index (Phi) is 7.01. The summed E-state index contributed by atoms with van der Waals surface area (Å²) in [7, 11) is -4.01. The van der Waals surface area contributed by atoms with E-state index in [1.54, 1.807) is 38.2 Å². The van der Waals surface area contributed by atoms with Crippen LogP contribution in [0.2, 0.25) is 0 Å². The SMILES string of the molecule is Cc1nn(C(C)(C)C)cc1NCc1cc(-c2ncco2)ccc1-c1ccccc1S(=O)(=O)Nc1onc(C)c1C. The summed E-state index contributed by atoms with van der Waals surface area (Å²) >= 11 is 0. The molecule has 10 nitrogen and oxygen atoms in total. The predicted octanol–water partition coefficient (Wildman–Crippen LogP) is 6.29. The summed E-state index contributed by atoms with van der Waals surface area (Å²) in [5.41, 5.74) is 5.76. The van der Waals surface area contributed by atoms with Gasteiger partial charge in [0.1, 0.15) is 6.26 Å². The minimum atomic E-state index is -4.01. The Morgan fingerprint density at radius 1 is 1.00 bits per heavy atom. The topological polar surface area (TPSA) is 128 Å².